The van der Waals surface area contributed by atoms with Gasteiger partial charge in [-0.1, -0.05) is 29.3 Å². The van der Waals surface area contributed by atoms with Gasteiger partial charge in [0.25, 0.3) is 5.91 Å². The lowest BCUT2D eigenvalue weighted by Gasteiger charge is -2.15. The minimum atomic E-state index is -0.616. The molecule has 0 aliphatic heterocycles. The average Bonchev–Trinajstić information content (AvgIpc) is 2.58. The fraction of sp³-hybridized carbons (Fsp3) is 0.316. The number of ether oxygens (including phenoxy) is 2. The van der Waals surface area contributed by atoms with Crippen LogP contribution in [-0.2, 0) is 4.79 Å². The van der Waals surface area contributed by atoms with Gasteiger partial charge in [0.1, 0.15) is 18.1 Å². The maximum absolute atomic E-state index is 12.1. The molecule has 0 heterocycles. The second-order valence-corrected chi connectivity index (χ2v) is 6.54. The monoisotopic (exact) mass is 381 g/mol. The van der Waals surface area contributed by atoms with Gasteiger partial charge in [0.05, 0.1) is 6.54 Å². The Hall–Kier alpha value is -1.91. The molecule has 0 aromatic heterocycles. The van der Waals surface area contributed by atoms with Crippen molar-refractivity contribution in [3.05, 3.63) is 57.6 Å². The van der Waals surface area contributed by atoms with Gasteiger partial charge in [-0.25, -0.2) is 0 Å². The van der Waals surface area contributed by atoms with Crippen molar-refractivity contribution in [1.29, 1.82) is 0 Å². The Morgan fingerprint density at radius 3 is 2.44 bits per heavy atom. The number of nitrogens with one attached hydrogen (secondary N) is 1. The predicted molar refractivity (Wildman–Crippen MR) is 101 cm³/mol. The molecule has 0 aliphatic carbocycles. The van der Waals surface area contributed by atoms with Crippen LogP contribution in [0.15, 0.2) is 36.4 Å². The predicted octanol–water partition coefficient (Wildman–Crippen LogP) is 4.57. The fourth-order valence-electron chi connectivity index (χ4n) is 2.10. The van der Waals surface area contributed by atoms with Crippen LogP contribution in [0.25, 0.3) is 0 Å². The van der Waals surface area contributed by atoms with E-state index in [1.807, 2.05) is 26.0 Å². The molecule has 2 aromatic carbocycles. The van der Waals surface area contributed by atoms with E-state index in [0.717, 1.165) is 11.1 Å². The number of hydrogen-bond acceptors (Lipinski definition) is 3. The molecule has 0 bridgehead atoms. The molecule has 1 N–H and O–H groups in total. The maximum Gasteiger partial charge on any atom is 0.260 e. The Morgan fingerprint density at radius 2 is 1.76 bits per heavy atom. The van der Waals surface area contributed by atoms with Crippen LogP contribution in [0.5, 0.6) is 11.5 Å². The van der Waals surface area contributed by atoms with E-state index in [-0.39, 0.29) is 5.91 Å². The normalized spacial score (nSPS) is 11.7. The minimum Gasteiger partial charge on any atom is -0.492 e. The van der Waals surface area contributed by atoms with Gasteiger partial charge in [-0.3, -0.25) is 4.79 Å². The minimum absolute atomic E-state index is 0.210. The third-order valence-corrected chi connectivity index (χ3v) is 4.46. The first kappa shape index (κ1) is 19.4. The first-order valence-electron chi connectivity index (χ1n) is 7.96. The van der Waals surface area contributed by atoms with Gasteiger partial charge in [0, 0.05) is 10.0 Å². The molecule has 4 nitrogen and oxygen atoms in total. The number of carbonyl (C=O) groups excluding carboxylic acids is 1. The highest BCUT2D eigenvalue weighted by Crippen LogP contribution is 2.22. The summed E-state index contributed by atoms with van der Waals surface area (Å²) in [6, 6.07) is 10.8. The number of rotatable bonds is 7. The Kier molecular flexibility index (Phi) is 6.97. The lowest BCUT2D eigenvalue weighted by Crippen LogP contribution is -2.38. The van der Waals surface area contributed by atoms with Crippen LogP contribution >= 0.6 is 23.2 Å². The summed E-state index contributed by atoms with van der Waals surface area (Å²) >= 11 is 12.0. The molecule has 0 saturated heterocycles. The molecule has 0 saturated carbocycles. The fourth-order valence-corrected chi connectivity index (χ4v) is 2.39. The largest absolute Gasteiger partial charge is 0.492 e. The van der Waals surface area contributed by atoms with Gasteiger partial charge in [-0.2, -0.15) is 0 Å². The molecule has 1 amide bonds. The number of aryl methyl sites for hydroxylation is 2. The standard InChI is InChI=1S/C19H21Cl2NO3/c1-12-4-5-15(11-18(12)21)24-9-8-22-19(23)14(3)25-16-6-7-17(20)13(2)10-16/h4-7,10-11,14H,8-9H2,1-3H3,(H,22,23)/t14-/m0/s1. The first-order valence-corrected chi connectivity index (χ1v) is 8.72. The van der Waals surface area contributed by atoms with E-state index in [4.69, 9.17) is 32.7 Å². The van der Waals surface area contributed by atoms with Crippen LogP contribution in [0.3, 0.4) is 0 Å². The van der Waals surface area contributed by atoms with Crippen LogP contribution in [0, 0.1) is 13.8 Å². The number of halogens is 2. The summed E-state index contributed by atoms with van der Waals surface area (Å²) in [5.74, 6) is 1.07. The second kappa shape index (κ2) is 8.97. The molecule has 0 fully saturated rings. The summed E-state index contributed by atoms with van der Waals surface area (Å²) in [6.07, 6.45) is -0.616. The molecule has 0 unspecified atom stereocenters. The number of amides is 1. The van der Waals surface area contributed by atoms with Crippen LogP contribution in [0.1, 0.15) is 18.1 Å². The molecular weight excluding hydrogens is 361 g/mol. The van der Waals surface area contributed by atoms with Gasteiger partial charge in [-0.15, -0.1) is 0 Å². The van der Waals surface area contributed by atoms with E-state index in [1.165, 1.54) is 0 Å². The SMILES string of the molecule is Cc1cc(O[C@@H](C)C(=O)NCCOc2ccc(C)c(Cl)c2)ccc1Cl. The zero-order valence-corrected chi connectivity index (χ0v) is 15.9. The summed E-state index contributed by atoms with van der Waals surface area (Å²) in [6.45, 7) is 6.22. The summed E-state index contributed by atoms with van der Waals surface area (Å²) in [5, 5.41) is 4.10. The Morgan fingerprint density at radius 1 is 1.04 bits per heavy atom. The third kappa shape index (κ3) is 5.83. The van der Waals surface area contributed by atoms with Gasteiger partial charge in [0.2, 0.25) is 0 Å². The first-order chi connectivity index (χ1) is 11.9. The highest BCUT2D eigenvalue weighted by atomic mass is 35.5. The van der Waals surface area contributed by atoms with Crippen molar-refractivity contribution in [2.75, 3.05) is 13.2 Å². The molecule has 2 rings (SSSR count). The summed E-state index contributed by atoms with van der Waals surface area (Å²) in [5.41, 5.74) is 1.89. The van der Waals surface area contributed by atoms with Crippen molar-refractivity contribution in [1.82, 2.24) is 5.32 Å². The van der Waals surface area contributed by atoms with E-state index < -0.39 is 6.10 Å². The van der Waals surface area contributed by atoms with Crippen molar-refractivity contribution in [2.24, 2.45) is 0 Å². The second-order valence-electron chi connectivity index (χ2n) is 5.72. The van der Waals surface area contributed by atoms with E-state index in [0.29, 0.717) is 34.7 Å². The van der Waals surface area contributed by atoms with Crippen molar-refractivity contribution >= 4 is 29.1 Å². The van der Waals surface area contributed by atoms with Crippen LogP contribution in [0.2, 0.25) is 10.0 Å². The van der Waals surface area contributed by atoms with Crippen molar-refractivity contribution in [2.45, 2.75) is 26.9 Å². The van der Waals surface area contributed by atoms with E-state index >= 15 is 0 Å². The molecule has 0 spiro atoms. The van der Waals surface area contributed by atoms with E-state index in [9.17, 15) is 4.79 Å². The van der Waals surface area contributed by atoms with Gasteiger partial charge in [0.15, 0.2) is 6.10 Å². The van der Waals surface area contributed by atoms with Gasteiger partial charge < -0.3 is 14.8 Å². The molecule has 1 atom stereocenters. The Bertz CT molecular complexity index is 749. The Labute approximate surface area is 158 Å². The summed E-state index contributed by atoms with van der Waals surface area (Å²) < 4.78 is 11.2. The average molecular weight is 382 g/mol. The van der Waals surface area contributed by atoms with Gasteiger partial charge >= 0.3 is 0 Å². The highest BCUT2D eigenvalue weighted by Gasteiger charge is 2.14. The van der Waals surface area contributed by atoms with Crippen molar-refractivity contribution < 1.29 is 14.3 Å². The molecule has 6 heteroatoms. The molecule has 2 aromatic rings. The van der Waals surface area contributed by atoms with Crippen molar-refractivity contribution in [3.63, 3.8) is 0 Å². The topological polar surface area (TPSA) is 47.6 Å². The maximum atomic E-state index is 12.1. The van der Waals surface area contributed by atoms with Crippen molar-refractivity contribution in [3.8, 4) is 11.5 Å². The zero-order valence-electron chi connectivity index (χ0n) is 14.4. The van der Waals surface area contributed by atoms with E-state index in [2.05, 4.69) is 5.32 Å². The summed E-state index contributed by atoms with van der Waals surface area (Å²) in [7, 11) is 0. The molecule has 25 heavy (non-hydrogen) atoms. The molecule has 0 radical (unpaired) electrons. The van der Waals surface area contributed by atoms with Crippen LogP contribution in [0.4, 0.5) is 0 Å². The number of carbonyl (C=O) groups is 1. The number of benzene rings is 2. The highest BCUT2D eigenvalue weighted by molar-refractivity contribution is 6.31. The summed E-state index contributed by atoms with van der Waals surface area (Å²) in [4.78, 5) is 12.1. The number of hydrogen-bond donors (Lipinski definition) is 1. The van der Waals surface area contributed by atoms with Crippen LogP contribution < -0.4 is 14.8 Å². The van der Waals surface area contributed by atoms with E-state index in [1.54, 1.807) is 31.2 Å². The molecule has 134 valence electrons. The lowest BCUT2D eigenvalue weighted by atomic mass is 10.2. The Balaban J connectivity index is 1.75. The van der Waals surface area contributed by atoms with Gasteiger partial charge in [-0.05, 0) is 62.2 Å². The van der Waals surface area contributed by atoms with Crippen LogP contribution in [-0.4, -0.2) is 25.2 Å². The zero-order chi connectivity index (χ0) is 18.4. The lowest BCUT2D eigenvalue weighted by molar-refractivity contribution is -0.127. The molecule has 0 aliphatic rings. The quantitative estimate of drug-likeness (QED) is 0.714. The smallest absolute Gasteiger partial charge is 0.260 e. The molecular formula is C19H21Cl2NO3. The third-order valence-electron chi connectivity index (χ3n) is 3.62.